The summed E-state index contributed by atoms with van der Waals surface area (Å²) < 4.78 is 5.32. The van der Waals surface area contributed by atoms with Gasteiger partial charge in [-0.2, -0.15) is 4.98 Å². The SMILES string of the molecule is CC(C)c1noc(-c2ccc(NC(=O)NC(c3ccccc3)c3ccccn3)cc2)n1. The number of rotatable bonds is 6. The van der Waals surface area contributed by atoms with Gasteiger partial charge in [-0.05, 0) is 42.0 Å². The fourth-order valence-corrected chi connectivity index (χ4v) is 3.10. The molecule has 1 atom stereocenters. The van der Waals surface area contributed by atoms with Crippen molar-refractivity contribution >= 4 is 11.7 Å². The smallest absolute Gasteiger partial charge is 0.320 e. The van der Waals surface area contributed by atoms with Crippen molar-refractivity contribution in [1.82, 2.24) is 20.4 Å². The molecule has 2 aromatic carbocycles. The number of pyridine rings is 1. The van der Waals surface area contributed by atoms with Crippen molar-refractivity contribution in [2.24, 2.45) is 0 Å². The minimum absolute atomic E-state index is 0.193. The molecule has 4 rings (SSSR count). The fourth-order valence-electron chi connectivity index (χ4n) is 3.10. The van der Waals surface area contributed by atoms with Crippen molar-refractivity contribution in [3.05, 3.63) is 96.1 Å². The van der Waals surface area contributed by atoms with Crippen LogP contribution in [0, 0.1) is 0 Å². The van der Waals surface area contributed by atoms with Crippen LogP contribution in [-0.2, 0) is 0 Å². The van der Waals surface area contributed by atoms with Gasteiger partial charge >= 0.3 is 6.03 Å². The molecular formula is C24H23N5O2. The zero-order valence-corrected chi connectivity index (χ0v) is 17.3. The van der Waals surface area contributed by atoms with Crippen molar-refractivity contribution in [1.29, 1.82) is 0 Å². The number of urea groups is 1. The number of hydrogen-bond donors (Lipinski definition) is 2. The largest absolute Gasteiger partial charge is 0.334 e. The average molecular weight is 413 g/mol. The first kappa shape index (κ1) is 20.3. The van der Waals surface area contributed by atoms with Crippen molar-refractivity contribution in [3.63, 3.8) is 0 Å². The van der Waals surface area contributed by atoms with E-state index in [1.165, 1.54) is 0 Å². The van der Waals surface area contributed by atoms with Crippen LogP contribution in [0.15, 0.2) is 83.5 Å². The zero-order valence-electron chi connectivity index (χ0n) is 17.3. The Kier molecular flexibility index (Phi) is 6.03. The lowest BCUT2D eigenvalue weighted by Crippen LogP contribution is -2.33. The molecule has 2 heterocycles. The summed E-state index contributed by atoms with van der Waals surface area (Å²) in [6.07, 6.45) is 1.71. The first-order valence-electron chi connectivity index (χ1n) is 10.1. The summed E-state index contributed by atoms with van der Waals surface area (Å²) in [5.74, 6) is 1.32. The zero-order chi connectivity index (χ0) is 21.6. The molecular weight excluding hydrogens is 390 g/mol. The van der Waals surface area contributed by atoms with Crippen LogP contribution in [-0.4, -0.2) is 21.2 Å². The molecule has 1 unspecified atom stereocenters. The number of amides is 2. The molecule has 2 N–H and O–H groups in total. The van der Waals surface area contributed by atoms with Crippen molar-refractivity contribution in [3.8, 4) is 11.5 Å². The quantitative estimate of drug-likeness (QED) is 0.455. The number of hydrogen-bond acceptors (Lipinski definition) is 5. The van der Waals surface area contributed by atoms with Gasteiger partial charge in [-0.15, -0.1) is 0 Å². The van der Waals surface area contributed by atoms with Gasteiger partial charge in [0.25, 0.3) is 5.89 Å². The fraction of sp³-hybridized carbons (Fsp3) is 0.167. The second-order valence-corrected chi connectivity index (χ2v) is 7.39. The molecule has 2 aromatic heterocycles. The van der Waals surface area contributed by atoms with Gasteiger partial charge in [0, 0.05) is 23.4 Å². The summed E-state index contributed by atoms with van der Waals surface area (Å²) >= 11 is 0. The normalized spacial score (nSPS) is 11.8. The van der Waals surface area contributed by atoms with Gasteiger partial charge in [-0.1, -0.05) is 55.4 Å². The Morgan fingerprint density at radius 3 is 2.32 bits per heavy atom. The topological polar surface area (TPSA) is 92.9 Å². The van der Waals surface area contributed by atoms with Crippen LogP contribution in [0.5, 0.6) is 0 Å². The highest BCUT2D eigenvalue weighted by atomic mass is 16.5. The van der Waals surface area contributed by atoms with Gasteiger partial charge in [0.1, 0.15) is 0 Å². The Labute approximate surface area is 180 Å². The third kappa shape index (κ3) is 4.95. The van der Waals surface area contributed by atoms with E-state index >= 15 is 0 Å². The third-order valence-electron chi connectivity index (χ3n) is 4.74. The highest BCUT2D eigenvalue weighted by Gasteiger charge is 2.18. The van der Waals surface area contributed by atoms with E-state index in [9.17, 15) is 4.79 Å². The van der Waals surface area contributed by atoms with Crippen LogP contribution in [0.4, 0.5) is 10.5 Å². The summed E-state index contributed by atoms with van der Waals surface area (Å²) in [6.45, 7) is 4.02. The molecule has 0 saturated heterocycles. The van der Waals surface area contributed by atoms with E-state index in [1.54, 1.807) is 18.3 Å². The number of benzene rings is 2. The van der Waals surface area contributed by atoms with Gasteiger partial charge in [0.2, 0.25) is 0 Å². The highest BCUT2D eigenvalue weighted by molar-refractivity contribution is 5.90. The molecule has 0 aliphatic heterocycles. The molecule has 31 heavy (non-hydrogen) atoms. The van der Waals surface area contributed by atoms with Crippen LogP contribution in [0.25, 0.3) is 11.5 Å². The molecule has 0 spiro atoms. The summed E-state index contributed by atoms with van der Waals surface area (Å²) in [6, 6.07) is 21.9. The Balaban J connectivity index is 1.46. The Morgan fingerprint density at radius 2 is 1.68 bits per heavy atom. The van der Waals surface area contributed by atoms with E-state index in [0.717, 1.165) is 16.8 Å². The van der Waals surface area contributed by atoms with Gasteiger partial charge < -0.3 is 15.2 Å². The molecule has 4 aromatic rings. The van der Waals surface area contributed by atoms with Crippen LogP contribution in [0.3, 0.4) is 0 Å². The van der Waals surface area contributed by atoms with Gasteiger partial charge in [0.15, 0.2) is 5.82 Å². The predicted molar refractivity (Wildman–Crippen MR) is 118 cm³/mol. The number of carbonyl (C=O) groups is 1. The van der Waals surface area contributed by atoms with E-state index < -0.39 is 0 Å². The second kappa shape index (κ2) is 9.21. The minimum Gasteiger partial charge on any atom is -0.334 e. The van der Waals surface area contributed by atoms with Crippen molar-refractivity contribution in [2.75, 3.05) is 5.32 Å². The number of nitrogens with zero attached hydrogens (tertiary/aromatic N) is 3. The van der Waals surface area contributed by atoms with E-state index in [0.29, 0.717) is 17.4 Å². The predicted octanol–water partition coefficient (Wildman–Crippen LogP) is 5.17. The summed E-state index contributed by atoms with van der Waals surface area (Å²) in [4.78, 5) is 21.5. The first-order valence-corrected chi connectivity index (χ1v) is 10.1. The van der Waals surface area contributed by atoms with Crippen molar-refractivity contribution in [2.45, 2.75) is 25.8 Å². The van der Waals surface area contributed by atoms with Gasteiger partial charge in [-0.3, -0.25) is 4.98 Å². The van der Waals surface area contributed by atoms with Crippen molar-refractivity contribution < 1.29 is 9.32 Å². The number of aromatic nitrogens is 3. The molecule has 0 bridgehead atoms. The molecule has 7 nitrogen and oxygen atoms in total. The summed E-state index contributed by atoms with van der Waals surface area (Å²) in [7, 11) is 0. The molecule has 0 aliphatic carbocycles. The maximum absolute atomic E-state index is 12.7. The monoisotopic (exact) mass is 413 g/mol. The van der Waals surface area contributed by atoms with Crippen LogP contribution in [0.1, 0.15) is 42.9 Å². The highest BCUT2D eigenvalue weighted by Crippen LogP contribution is 2.23. The second-order valence-electron chi connectivity index (χ2n) is 7.39. The van der Waals surface area contributed by atoms with Crippen LogP contribution < -0.4 is 10.6 Å². The lowest BCUT2D eigenvalue weighted by Gasteiger charge is -2.19. The van der Waals surface area contributed by atoms with Gasteiger partial charge in [-0.25, -0.2) is 4.79 Å². The number of anilines is 1. The molecule has 0 fully saturated rings. The number of carbonyl (C=O) groups excluding carboxylic acids is 1. The molecule has 0 saturated carbocycles. The summed E-state index contributed by atoms with van der Waals surface area (Å²) in [5.41, 5.74) is 3.15. The van der Waals surface area contributed by atoms with Crippen LogP contribution >= 0.6 is 0 Å². The lowest BCUT2D eigenvalue weighted by molar-refractivity contribution is 0.250. The van der Waals surface area contributed by atoms with E-state index in [-0.39, 0.29) is 18.0 Å². The lowest BCUT2D eigenvalue weighted by atomic mass is 10.0. The first-order chi connectivity index (χ1) is 15.1. The average Bonchev–Trinajstić information content (AvgIpc) is 3.30. The molecule has 156 valence electrons. The Morgan fingerprint density at radius 1 is 0.935 bits per heavy atom. The van der Waals surface area contributed by atoms with E-state index in [2.05, 4.69) is 25.8 Å². The Bertz CT molecular complexity index is 1090. The third-order valence-corrected chi connectivity index (χ3v) is 4.74. The standard InChI is InChI=1S/C24H23N5O2/c1-16(2)22-28-23(31-29-22)18-11-13-19(14-12-18)26-24(30)27-21(17-8-4-3-5-9-17)20-10-6-7-15-25-20/h3-16,21H,1-2H3,(H2,26,27,30). The van der Waals surface area contributed by atoms with E-state index in [1.807, 2.05) is 74.5 Å². The molecule has 7 heteroatoms. The Hall–Kier alpha value is -4.00. The molecule has 2 amide bonds. The van der Waals surface area contributed by atoms with Gasteiger partial charge in [0.05, 0.1) is 11.7 Å². The minimum atomic E-state index is -0.366. The van der Waals surface area contributed by atoms with Crippen LogP contribution in [0.2, 0.25) is 0 Å². The maximum Gasteiger partial charge on any atom is 0.320 e. The molecule has 0 radical (unpaired) electrons. The molecule has 0 aliphatic rings. The number of nitrogens with one attached hydrogen (secondary N) is 2. The summed E-state index contributed by atoms with van der Waals surface area (Å²) in [5, 5.41) is 9.86. The maximum atomic E-state index is 12.7. The van der Waals surface area contributed by atoms with E-state index in [4.69, 9.17) is 4.52 Å².